The van der Waals surface area contributed by atoms with Gasteiger partial charge in [0.25, 0.3) is 0 Å². The lowest BCUT2D eigenvalue weighted by molar-refractivity contribution is -0.0210. The summed E-state index contributed by atoms with van der Waals surface area (Å²) >= 11 is 1.22. The van der Waals surface area contributed by atoms with E-state index in [1.54, 1.807) is 6.92 Å². The van der Waals surface area contributed by atoms with Gasteiger partial charge in [0, 0.05) is 20.0 Å². The molecule has 7 heteroatoms. The zero-order chi connectivity index (χ0) is 14.7. The largest absolute Gasteiger partial charge is 0.461 e. The van der Waals surface area contributed by atoms with Crippen molar-refractivity contribution in [2.24, 2.45) is 0 Å². The molecule has 1 fully saturated rings. The van der Waals surface area contributed by atoms with Crippen molar-refractivity contribution >= 4 is 23.1 Å². The number of rotatable bonds is 4. The van der Waals surface area contributed by atoms with Gasteiger partial charge in [0.2, 0.25) is 0 Å². The Morgan fingerprint density at radius 2 is 2.30 bits per heavy atom. The molecule has 2 rings (SSSR count). The fourth-order valence-corrected chi connectivity index (χ4v) is 2.97. The number of carbonyl (C=O) groups excluding carboxylic acids is 2. The molecule has 0 bridgehead atoms. The molecule has 110 valence electrons. The number of ether oxygens (including phenoxy) is 2. The first-order valence-electron chi connectivity index (χ1n) is 6.51. The summed E-state index contributed by atoms with van der Waals surface area (Å²) < 4.78 is 10.6. The molecule has 2 heterocycles. The Hall–Kier alpha value is -1.31. The Kier molecular flexibility index (Phi) is 4.85. The lowest BCUT2D eigenvalue weighted by Gasteiger charge is -2.28. The Morgan fingerprint density at radius 1 is 1.55 bits per heavy atom. The number of thiazole rings is 1. The third kappa shape index (κ3) is 3.23. The number of carbonyl (C=O) groups is 2. The quantitative estimate of drug-likeness (QED) is 0.620. The lowest BCUT2D eigenvalue weighted by Crippen LogP contribution is -2.35. The molecule has 0 saturated carbocycles. The lowest BCUT2D eigenvalue weighted by atomic mass is 10.2. The van der Waals surface area contributed by atoms with E-state index >= 15 is 0 Å². The van der Waals surface area contributed by atoms with E-state index in [1.807, 2.05) is 7.05 Å². The maximum atomic E-state index is 11.8. The molecule has 0 N–H and O–H groups in total. The van der Waals surface area contributed by atoms with Gasteiger partial charge in [-0.15, -0.1) is 11.3 Å². The zero-order valence-corrected chi connectivity index (χ0v) is 12.7. The Balaban J connectivity index is 2.29. The third-order valence-corrected chi connectivity index (χ3v) is 4.23. The second-order valence-electron chi connectivity index (χ2n) is 4.63. The highest BCUT2D eigenvalue weighted by molar-refractivity contribution is 7.14. The SMILES string of the molecule is CCOC(=O)c1nc(C2CN(C)CCO2)sc1C(C)=O. The van der Waals surface area contributed by atoms with E-state index in [1.165, 1.54) is 18.3 Å². The first-order valence-corrected chi connectivity index (χ1v) is 7.33. The van der Waals surface area contributed by atoms with E-state index in [9.17, 15) is 9.59 Å². The van der Waals surface area contributed by atoms with Gasteiger partial charge in [0.1, 0.15) is 16.0 Å². The van der Waals surface area contributed by atoms with E-state index in [0.717, 1.165) is 6.54 Å². The zero-order valence-electron chi connectivity index (χ0n) is 11.8. The van der Waals surface area contributed by atoms with Crippen molar-refractivity contribution in [3.63, 3.8) is 0 Å². The summed E-state index contributed by atoms with van der Waals surface area (Å²) in [6, 6.07) is 0. The standard InChI is InChI=1S/C13H18N2O4S/c1-4-18-13(17)10-11(8(2)16)20-12(14-10)9-7-15(3)5-6-19-9/h9H,4-7H2,1-3H3. The van der Waals surface area contributed by atoms with Gasteiger partial charge in [-0.1, -0.05) is 0 Å². The van der Waals surface area contributed by atoms with E-state index in [-0.39, 0.29) is 24.2 Å². The van der Waals surface area contributed by atoms with Crippen LogP contribution in [-0.2, 0) is 9.47 Å². The van der Waals surface area contributed by atoms with Crippen LogP contribution in [0.2, 0.25) is 0 Å². The summed E-state index contributed by atoms with van der Waals surface area (Å²) in [7, 11) is 2.00. The molecule has 1 aliphatic rings. The Labute approximate surface area is 121 Å². The van der Waals surface area contributed by atoms with Crippen molar-refractivity contribution in [1.29, 1.82) is 0 Å². The molecule has 1 aromatic heterocycles. The molecule has 0 radical (unpaired) electrons. The van der Waals surface area contributed by atoms with E-state index in [4.69, 9.17) is 9.47 Å². The van der Waals surface area contributed by atoms with Crippen LogP contribution < -0.4 is 0 Å². The number of hydrogen-bond acceptors (Lipinski definition) is 7. The fraction of sp³-hybridized carbons (Fsp3) is 0.615. The Morgan fingerprint density at radius 3 is 2.90 bits per heavy atom. The van der Waals surface area contributed by atoms with Crippen LogP contribution in [-0.4, -0.2) is 55.0 Å². The van der Waals surface area contributed by atoms with Crippen LogP contribution in [0.1, 0.15) is 45.1 Å². The number of nitrogens with zero attached hydrogens (tertiary/aromatic N) is 2. The van der Waals surface area contributed by atoms with Crippen molar-refractivity contribution in [3.8, 4) is 0 Å². The van der Waals surface area contributed by atoms with Gasteiger partial charge >= 0.3 is 5.97 Å². The smallest absolute Gasteiger partial charge is 0.358 e. The molecule has 1 aromatic rings. The van der Waals surface area contributed by atoms with Gasteiger partial charge in [0.05, 0.1) is 13.2 Å². The van der Waals surface area contributed by atoms with Crippen LogP contribution >= 0.6 is 11.3 Å². The molecule has 6 nitrogen and oxygen atoms in total. The van der Waals surface area contributed by atoms with E-state index in [0.29, 0.717) is 23.0 Å². The van der Waals surface area contributed by atoms with Crippen molar-refractivity contribution in [3.05, 3.63) is 15.6 Å². The van der Waals surface area contributed by atoms with Crippen molar-refractivity contribution in [2.75, 3.05) is 33.4 Å². The summed E-state index contributed by atoms with van der Waals surface area (Å²) in [5, 5.41) is 0.657. The number of hydrogen-bond donors (Lipinski definition) is 0. The number of morpholine rings is 1. The molecule has 1 unspecified atom stereocenters. The number of Topliss-reactive ketones (excluding diaryl/α,β-unsaturated/α-hetero) is 1. The van der Waals surface area contributed by atoms with Crippen LogP contribution in [0.5, 0.6) is 0 Å². The summed E-state index contributed by atoms with van der Waals surface area (Å²) in [4.78, 5) is 30.3. The molecule has 0 aromatic carbocycles. The molecule has 0 aliphatic carbocycles. The first-order chi connectivity index (χ1) is 9.52. The van der Waals surface area contributed by atoms with Crippen molar-refractivity contribution in [1.82, 2.24) is 9.88 Å². The van der Waals surface area contributed by atoms with Crippen LogP contribution in [0.15, 0.2) is 0 Å². The monoisotopic (exact) mass is 298 g/mol. The minimum absolute atomic E-state index is 0.108. The van der Waals surface area contributed by atoms with E-state index < -0.39 is 5.97 Å². The highest BCUT2D eigenvalue weighted by Crippen LogP contribution is 2.29. The maximum Gasteiger partial charge on any atom is 0.358 e. The van der Waals surface area contributed by atoms with Gasteiger partial charge in [0.15, 0.2) is 11.5 Å². The number of ketones is 1. The van der Waals surface area contributed by atoms with Gasteiger partial charge in [-0.25, -0.2) is 9.78 Å². The van der Waals surface area contributed by atoms with Crippen LogP contribution in [0.4, 0.5) is 0 Å². The van der Waals surface area contributed by atoms with Crippen LogP contribution in [0.3, 0.4) is 0 Å². The summed E-state index contributed by atoms with van der Waals surface area (Å²) in [6.07, 6.45) is -0.194. The highest BCUT2D eigenvalue weighted by atomic mass is 32.1. The molecule has 1 atom stereocenters. The van der Waals surface area contributed by atoms with Gasteiger partial charge in [-0.3, -0.25) is 4.79 Å². The Bertz CT molecular complexity index is 514. The number of aromatic nitrogens is 1. The van der Waals surface area contributed by atoms with Gasteiger partial charge < -0.3 is 14.4 Å². The highest BCUT2D eigenvalue weighted by Gasteiger charge is 2.28. The number of esters is 1. The molecule has 1 aliphatic heterocycles. The summed E-state index contributed by atoms with van der Waals surface area (Å²) in [5.41, 5.74) is 0.108. The molecule has 1 saturated heterocycles. The van der Waals surface area contributed by atoms with Crippen LogP contribution in [0, 0.1) is 0 Å². The maximum absolute atomic E-state index is 11.8. The molecular formula is C13H18N2O4S. The second kappa shape index (κ2) is 6.43. The minimum atomic E-state index is -0.552. The third-order valence-electron chi connectivity index (χ3n) is 2.98. The van der Waals surface area contributed by atoms with Gasteiger partial charge in [-0.05, 0) is 14.0 Å². The van der Waals surface area contributed by atoms with Gasteiger partial charge in [-0.2, -0.15) is 0 Å². The molecule has 20 heavy (non-hydrogen) atoms. The van der Waals surface area contributed by atoms with Crippen molar-refractivity contribution in [2.45, 2.75) is 20.0 Å². The molecule has 0 amide bonds. The number of likely N-dealkylation sites (N-methyl/N-ethyl adjacent to an activating group) is 1. The average molecular weight is 298 g/mol. The molecular weight excluding hydrogens is 280 g/mol. The van der Waals surface area contributed by atoms with Crippen LogP contribution in [0.25, 0.3) is 0 Å². The predicted molar refractivity (Wildman–Crippen MR) is 74.3 cm³/mol. The molecule has 0 spiro atoms. The normalized spacial score (nSPS) is 19.9. The summed E-state index contributed by atoms with van der Waals surface area (Å²) in [6.45, 7) is 5.58. The first kappa shape index (κ1) is 15.1. The second-order valence-corrected chi connectivity index (χ2v) is 5.66. The average Bonchev–Trinajstić information content (AvgIpc) is 2.84. The predicted octanol–water partition coefficient (Wildman–Crippen LogP) is 1.53. The van der Waals surface area contributed by atoms with Crippen molar-refractivity contribution < 1.29 is 19.1 Å². The summed E-state index contributed by atoms with van der Waals surface area (Å²) in [5.74, 6) is -0.731. The topological polar surface area (TPSA) is 68.7 Å². The van der Waals surface area contributed by atoms with E-state index in [2.05, 4.69) is 9.88 Å². The fourth-order valence-electron chi connectivity index (χ4n) is 1.98. The minimum Gasteiger partial charge on any atom is -0.461 e.